The predicted octanol–water partition coefficient (Wildman–Crippen LogP) is 6.47. The maximum atomic E-state index is 13.5. The standard InChI is InChI=1S/C31H44N4O4S2/c1-4-16-34-28(33-18-14-22(2)15-19-33)24(23(3)25(21-32)29(34)38)20-26-30(39)35(31(40)41-26)17-12-10-8-6-5-7-9-11-13-27(36)37/h20,22H,4-19H2,1-3H3,(H,36,37)/b26-20+. The van der Waals surface area contributed by atoms with Crippen molar-refractivity contribution < 1.29 is 14.7 Å². The monoisotopic (exact) mass is 600 g/mol. The van der Waals surface area contributed by atoms with Crippen LogP contribution in [0.1, 0.15) is 108 Å². The van der Waals surface area contributed by atoms with Crippen molar-refractivity contribution in [2.75, 3.05) is 24.5 Å². The second-order valence-corrected chi connectivity index (χ2v) is 13.0. The fourth-order valence-corrected chi connectivity index (χ4v) is 6.86. The van der Waals surface area contributed by atoms with Crippen LogP contribution in [0.4, 0.5) is 5.82 Å². The largest absolute Gasteiger partial charge is 0.481 e. The van der Waals surface area contributed by atoms with E-state index in [9.17, 15) is 19.6 Å². The van der Waals surface area contributed by atoms with Crippen LogP contribution < -0.4 is 10.5 Å². The number of nitrogens with zero attached hydrogens (tertiary/aromatic N) is 4. The summed E-state index contributed by atoms with van der Waals surface area (Å²) >= 11 is 6.90. The van der Waals surface area contributed by atoms with Crippen LogP contribution in [-0.4, -0.2) is 50.4 Å². The first-order valence-electron chi connectivity index (χ1n) is 15.1. The molecule has 1 aromatic rings. The highest BCUT2D eigenvalue weighted by Gasteiger charge is 2.33. The van der Waals surface area contributed by atoms with Gasteiger partial charge >= 0.3 is 5.97 Å². The van der Waals surface area contributed by atoms with E-state index < -0.39 is 5.97 Å². The summed E-state index contributed by atoms with van der Waals surface area (Å²) in [7, 11) is 0. The fourth-order valence-electron chi connectivity index (χ4n) is 5.57. The zero-order chi connectivity index (χ0) is 29.9. The van der Waals surface area contributed by atoms with E-state index in [1.54, 1.807) is 9.47 Å². The molecule has 0 spiro atoms. The first kappa shape index (κ1) is 32.9. The van der Waals surface area contributed by atoms with Crippen LogP contribution in [0.15, 0.2) is 9.70 Å². The van der Waals surface area contributed by atoms with Gasteiger partial charge in [-0.3, -0.25) is 23.9 Å². The molecule has 1 amide bonds. The quantitative estimate of drug-likeness (QED) is 0.139. The lowest BCUT2D eigenvalue weighted by atomic mass is 9.97. The van der Waals surface area contributed by atoms with Crippen LogP contribution in [0, 0.1) is 24.2 Å². The lowest BCUT2D eigenvalue weighted by Crippen LogP contribution is -2.39. The fraction of sp³-hybridized carbons (Fsp3) is 0.645. The number of carbonyl (C=O) groups excluding carboxylic acids is 1. The van der Waals surface area contributed by atoms with Gasteiger partial charge in [-0.25, -0.2) is 0 Å². The number of unbranched alkanes of at least 4 members (excludes halogenated alkanes) is 7. The van der Waals surface area contributed by atoms with Crippen molar-refractivity contribution in [1.29, 1.82) is 5.26 Å². The summed E-state index contributed by atoms with van der Waals surface area (Å²) < 4.78 is 2.29. The molecule has 1 aromatic heterocycles. The number of amides is 1. The Morgan fingerprint density at radius 2 is 1.68 bits per heavy atom. The molecular weight excluding hydrogens is 556 g/mol. The van der Waals surface area contributed by atoms with E-state index >= 15 is 0 Å². The van der Waals surface area contributed by atoms with E-state index in [1.807, 2.05) is 19.9 Å². The first-order chi connectivity index (χ1) is 19.7. The Kier molecular flexibility index (Phi) is 12.9. The summed E-state index contributed by atoms with van der Waals surface area (Å²) in [6.45, 7) is 8.84. The summed E-state index contributed by atoms with van der Waals surface area (Å²) in [4.78, 5) is 41.9. The molecule has 0 atom stereocenters. The molecule has 2 aliphatic heterocycles. The summed E-state index contributed by atoms with van der Waals surface area (Å²) in [5.41, 5.74) is 1.27. The van der Waals surface area contributed by atoms with Crippen LogP contribution in [0.2, 0.25) is 0 Å². The Hall–Kier alpha value is -2.64. The third kappa shape index (κ3) is 8.68. The number of thioether (sulfide) groups is 1. The van der Waals surface area contributed by atoms with Gasteiger partial charge in [0.15, 0.2) is 0 Å². The molecule has 2 aliphatic rings. The lowest BCUT2D eigenvalue weighted by molar-refractivity contribution is -0.137. The van der Waals surface area contributed by atoms with Crippen LogP contribution in [-0.2, 0) is 16.1 Å². The summed E-state index contributed by atoms with van der Waals surface area (Å²) in [6.07, 6.45) is 12.9. The molecule has 0 saturated carbocycles. The molecule has 2 saturated heterocycles. The Bertz CT molecular complexity index is 1240. The number of rotatable bonds is 15. The average molecular weight is 601 g/mol. The molecule has 0 bridgehead atoms. The van der Waals surface area contributed by atoms with Gasteiger partial charge in [0.2, 0.25) is 0 Å². The molecule has 0 aromatic carbocycles. The van der Waals surface area contributed by atoms with Gasteiger partial charge in [0.25, 0.3) is 11.5 Å². The van der Waals surface area contributed by atoms with Gasteiger partial charge < -0.3 is 10.0 Å². The minimum atomic E-state index is -0.727. The van der Waals surface area contributed by atoms with Gasteiger partial charge in [0.1, 0.15) is 21.8 Å². The maximum absolute atomic E-state index is 13.5. The van der Waals surface area contributed by atoms with E-state index in [4.69, 9.17) is 17.3 Å². The molecule has 0 aliphatic carbocycles. The van der Waals surface area contributed by atoms with Crippen molar-refractivity contribution in [3.63, 3.8) is 0 Å². The molecule has 10 heteroatoms. The highest BCUT2D eigenvalue weighted by molar-refractivity contribution is 8.26. The molecule has 1 N–H and O–H groups in total. The van der Waals surface area contributed by atoms with Crippen LogP contribution in [0.5, 0.6) is 0 Å². The zero-order valence-electron chi connectivity index (χ0n) is 24.7. The highest BCUT2D eigenvalue weighted by Crippen LogP contribution is 2.37. The van der Waals surface area contributed by atoms with Gasteiger partial charge in [-0.1, -0.05) is 76.4 Å². The molecule has 2 fully saturated rings. The Morgan fingerprint density at radius 3 is 2.27 bits per heavy atom. The number of piperidine rings is 1. The average Bonchev–Trinajstić information content (AvgIpc) is 3.20. The van der Waals surface area contributed by atoms with Crippen molar-refractivity contribution in [3.8, 4) is 6.07 Å². The zero-order valence-corrected chi connectivity index (χ0v) is 26.4. The minimum Gasteiger partial charge on any atom is -0.481 e. The second kappa shape index (κ2) is 16.1. The Labute approximate surface area is 253 Å². The van der Waals surface area contributed by atoms with Crippen LogP contribution in [0.25, 0.3) is 6.08 Å². The number of hydrogen-bond donors (Lipinski definition) is 1. The van der Waals surface area contributed by atoms with Crippen molar-refractivity contribution in [2.24, 2.45) is 5.92 Å². The number of aliphatic carboxylic acids is 1. The molecule has 3 rings (SSSR count). The van der Waals surface area contributed by atoms with E-state index in [-0.39, 0.29) is 23.5 Å². The number of aromatic nitrogens is 1. The number of pyridine rings is 1. The highest BCUT2D eigenvalue weighted by atomic mass is 32.2. The third-order valence-electron chi connectivity index (χ3n) is 8.05. The third-order valence-corrected chi connectivity index (χ3v) is 9.43. The molecule has 8 nitrogen and oxygen atoms in total. The number of anilines is 1. The van der Waals surface area contributed by atoms with Gasteiger partial charge in [0, 0.05) is 38.2 Å². The topological polar surface area (TPSA) is 107 Å². The lowest BCUT2D eigenvalue weighted by Gasteiger charge is -2.35. The van der Waals surface area contributed by atoms with Crippen molar-refractivity contribution in [2.45, 2.75) is 104 Å². The number of carboxylic acids is 1. The first-order valence-corrected chi connectivity index (χ1v) is 16.3. The summed E-state index contributed by atoms with van der Waals surface area (Å²) in [5.74, 6) is 0.604. The SMILES string of the molecule is CCCn1c(N2CCC(C)CC2)c(/C=C2/SC(=S)N(CCCCCCCCCCC(=O)O)C2=O)c(C)c(C#N)c1=O. The van der Waals surface area contributed by atoms with E-state index in [0.29, 0.717) is 33.8 Å². The van der Waals surface area contributed by atoms with Crippen molar-refractivity contribution in [3.05, 3.63) is 31.9 Å². The smallest absolute Gasteiger partial charge is 0.303 e. The van der Waals surface area contributed by atoms with Crippen molar-refractivity contribution in [1.82, 2.24) is 9.47 Å². The van der Waals surface area contributed by atoms with Crippen LogP contribution in [0.3, 0.4) is 0 Å². The molecular formula is C31H44N4O4S2. The van der Waals surface area contributed by atoms with Crippen molar-refractivity contribution >= 4 is 52.1 Å². The minimum absolute atomic E-state index is 0.109. The Morgan fingerprint density at radius 1 is 1.07 bits per heavy atom. The Balaban J connectivity index is 1.72. The molecule has 41 heavy (non-hydrogen) atoms. The number of thiocarbonyl (C=S) groups is 1. The summed E-state index contributed by atoms with van der Waals surface area (Å²) in [5, 5.41) is 18.6. The number of nitriles is 1. The molecule has 0 radical (unpaired) electrons. The van der Waals surface area contributed by atoms with E-state index in [2.05, 4.69) is 17.9 Å². The normalized spacial score (nSPS) is 17.1. The van der Waals surface area contributed by atoms with Gasteiger partial charge in [-0.05, 0) is 56.6 Å². The number of carbonyl (C=O) groups is 2. The molecule has 3 heterocycles. The van der Waals surface area contributed by atoms with Gasteiger partial charge in [-0.2, -0.15) is 5.26 Å². The van der Waals surface area contributed by atoms with E-state index in [0.717, 1.165) is 95.1 Å². The number of carboxylic acid groups (broad SMARTS) is 1. The van der Waals surface area contributed by atoms with Crippen LogP contribution >= 0.6 is 24.0 Å². The van der Waals surface area contributed by atoms with E-state index in [1.165, 1.54) is 11.8 Å². The maximum Gasteiger partial charge on any atom is 0.303 e. The second-order valence-electron chi connectivity index (χ2n) is 11.3. The molecule has 224 valence electrons. The van der Waals surface area contributed by atoms with Gasteiger partial charge in [-0.15, -0.1) is 0 Å². The summed E-state index contributed by atoms with van der Waals surface area (Å²) in [6, 6.07) is 2.12. The van der Waals surface area contributed by atoms with Gasteiger partial charge in [0.05, 0.1) is 4.91 Å². The predicted molar refractivity (Wildman–Crippen MR) is 170 cm³/mol. The molecule has 0 unspecified atom stereocenters. The number of hydrogen-bond acceptors (Lipinski definition) is 7.